The van der Waals surface area contributed by atoms with Gasteiger partial charge in [0.1, 0.15) is 17.3 Å². The van der Waals surface area contributed by atoms with E-state index in [2.05, 4.69) is 10.3 Å². The average molecular weight is 302 g/mol. The minimum Gasteiger partial charge on any atom is -0.606 e. The molecule has 2 aromatic rings. The monoisotopic (exact) mass is 302 g/mol. The normalized spacial score (nSPS) is 15.3. The van der Waals surface area contributed by atoms with Gasteiger partial charge in [0.25, 0.3) is 11.2 Å². The zero-order valence-electron chi connectivity index (χ0n) is 10.2. The van der Waals surface area contributed by atoms with Crippen molar-refractivity contribution in [2.45, 2.75) is 9.79 Å². The molecule has 1 aliphatic rings. The smallest absolute Gasteiger partial charge is 0.274 e. The van der Waals surface area contributed by atoms with E-state index in [0.717, 1.165) is 0 Å². The molecule has 8 nitrogen and oxygen atoms in total. The Kier molecular flexibility index (Phi) is 2.90. The van der Waals surface area contributed by atoms with Crippen LogP contribution in [0.25, 0.3) is 0 Å². The molecule has 0 saturated heterocycles. The molecule has 2 heterocycles. The van der Waals surface area contributed by atoms with Crippen LogP contribution in [-0.4, -0.2) is 14.5 Å². The lowest BCUT2D eigenvalue weighted by Gasteiger charge is -2.22. The standard InChI is InChI=1S/C12H6N4O4S/c13-4-7-11-10(5-14-12(7)17)21(20)9-3-6(16(18)19)1-2-8(9)15-11/h1-3,5,15H,(H,14,17). The lowest BCUT2D eigenvalue weighted by atomic mass is 10.2. The molecule has 0 bridgehead atoms. The summed E-state index contributed by atoms with van der Waals surface area (Å²) in [5.74, 6) is 0. The number of H-pyrrole nitrogens is 1. The van der Waals surface area contributed by atoms with Crippen LogP contribution < -0.4 is 10.9 Å². The lowest BCUT2D eigenvalue weighted by Crippen LogP contribution is -2.21. The van der Waals surface area contributed by atoms with E-state index in [1.54, 1.807) is 6.07 Å². The van der Waals surface area contributed by atoms with E-state index in [-0.39, 0.29) is 26.7 Å². The van der Waals surface area contributed by atoms with Crippen molar-refractivity contribution in [1.29, 1.82) is 5.26 Å². The maximum atomic E-state index is 12.5. The molecule has 0 amide bonds. The minimum atomic E-state index is -1.73. The average Bonchev–Trinajstić information content (AvgIpc) is 2.47. The molecule has 0 saturated carbocycles. The lowest BCUT2D eigenvalue weighted by molar-refractivity contribution is -0.385. The molecule has 0 spiro atoms. The fraction of sp³-hybridized carbons (Fsp3) is 0. The van der Waals surface area contributed by atoms with Crippen LogP contribution in [0.4, 0.5) is 17.1 Å². The SMILES string of the molecule is N#Cc1c2c(c[nH]c1=O)[S+]([O-])c1cc([N+](=O)[O-])ccc1N2. The molecular weight excluding hydrogens is 296 g/mol. The number of anilines is 2. The molecule has 3 rings (SSSR count). The van der Waals surface area contributed by atoms with Gasteiger partial charge in [-0.15, -0.1) is 0 Å². The van der Waals surface area contributed by atoms with Crippen molar-refractivity contribution >= 4 is 28.2 Å². The molecule has 1 aromatic carbocycles. The highest BCUT2D eigenvalue weighted by molar-refractivity contribution is 7.92. The maximum absolute atomic E-state index is 12.5. The first kappa shape index (κ1) is 13.2. The van der Waals surface area contributed by atoms with Gasteiger partial charge < -0.3 is 14.9 Å². The van der Waals surface area contributed by atoms with Crippen molar-refractivity contribution in [1.82, 2.24) is 4.98 Å². The first-order chi connectivity index (χ1) is 10.0. The van der Waals surface area contributed by atoms with Gasteiger partial charge in [-0.25, -0.2) is 0 Å². The fourth-order valence-corrected chi connectivity index (χ4v) is 3.31. The van der Waals surface area contributed by atoms with Gasteiger partial charge in [0.2, 0.25) is 0 Å². The van der Waals surface area contributed by atoms with Crippen molar-refractivity contribution in [3.05, 3.63) is 50.4 Å². The first-order valence-electron chi connectivity index (χ1n) is 5.66. The van der Waals surface area contributed by atoms with Crippen molar-refractivity contribution < 1.29 is 9.48 Å². The van der Waals surface area contributed by atoms with E-state index in [4.69, 9.17) is 5.26 Å². The number of non-ortho nitro benzene ring substituents is 1. The number of pyridine rings is 1. The number of aromatic amines is 1. The maximum Gasteiger partial charge on any atom is 0.274 e. The fourth-order valence-electron chi connectivity index (χ4n) is 2.02. The summed E-state index contributed by atoms with van der Waals surface area (Å²) < 4.78 is 12.5. The van der Waals surface area contributed by atoms with Crippen LogP contribution in [0.5, 0.6) is 0 Å². The van der Waals surface area contributed by atoms with Crippen LogP contribution in [0.3, 0.4) is 0 Å². The minimum absolute atomic E-state index is 0.168. The van der Waals surface area contributed by atoms with Crippen LogP contribution in [0, 0.1) is 21.4 Å². The number of rotatable bonds is 1. The molecule has 1 atom stereocenters. The van der Waals surface area contributed by atoms with E-state index in [0.29, 0.717) is 5.69 Å². The highest BCUT2D eigenvalue weighted by atomic mass is 32.2. The predicted octanol–water partition coefficient (Wildman–Crippen LogP) is 1.38. The largest absolute Gasteiger partial charge is 0.606 e. The molecule has 1 aliphatic heterocycles. The molecular formula is C12H6N4O4S. The van der Waals surface area contributed by atoms with E-state index in [9.17, 15) is 19.5 Å². The molecule has 104 valence electrons. The summed E-state index contributed by atoms with van der Waals surface area (Å²) in [6.45, 7) is 0. The summed E-state index contributed by atoms with van der Waals surface area (Å²) in [5.41, 5.74) is -0.414. The van der Waals surface area contributed by atoms with Crippen molar-refractivity contribution in [3.8, 4) is 6.07 Å². The predicted molar refractivity (Wildman–Crippen MR) is 72.8 cm³/mol. The highest BCUT2D eigenvalue weighted by Crippen LogP contribution is 2.40. The Labute approximate surface area is 120 Å². The van der Waals surface area contributed by atoms with Crippen LogP contribution >= 0.6 is 0 Å². The number of hydrogen-bond donors (Lipinski definition) is 2. The Hall–Kier alpha value is -2.83. The quantitative estimate of drug-likeness (QED) is 0.464. The van der Waals surface area contributed by atoms with Crippen molar-refractivity contribution in [2.24, 2.45) is 0 Å². The van der Waals surface area contributed by atoms with Gasteiger partial charge in [-0.3, -0.25) is 14.9 Å². The van der Waals surface area contributed by atoms with Gasteiger partial charge in [-0.1, -0.05) is 0 Å². The third-order valence-corrected chi connectivity index (χ3v) is 4.46. The number of hydrogen-bond acceptors (Lipinski definition) is 6. The van der Waals surface area contributed by atoms with Gasteiger partial charge in [-0.05, 0) is 6.07 Å². The number of fused-ring (bicyclic) bond motifs is 2. The van der Waals surface area contributed by atoms with Crippen molar-refractivity contribution in [2.75, 3.05) is 5.32 Å². The number of nitriles is 1. The Balaban J connectivity index is 2.22. The number of nitrogens with zero attached hydrogens (tertiary/aromatic N) is 2. The zero-order valence-corrected chi connectivity index (χ0v) is 11.1. The summed E-state index contributed by atoms with van der Waals surface area (Å²) in [5, 5.41) is 22.6. The highest BCUT2D eigenvalue weighted by Gasteiger charge is 2.33. The molecule has 9 heteroatoms. The molecule has 0 radical (unpaired) electrons. The number of nitro benzene ring substituents is 1. The number of nitro groups is 1. The Morgan fingerprint density at radius 2 is 2.10 bits per heavy atom. The molecule has 2 N–H and O–H groups in total. The first-order valence-corrected chi connectivity index (χ1v) is 6.81. The second-order valence-electron chi connectivity index (χ2n) is 4.18. The Bertz CT molecular complexity index is 871. The van der Waals surface area contributed by atoms with Crippen LogP contribution in [0.2, 0.25) is 0 Å². The number of benzene rings is 1. The van der Waals surface area contributed by atoms with Crippen LogP contribution in [0.1, 0.15) is 5.56 Å². The second-order valence-corrected chi connectivity index (χ2v) is 5.59. The van der Waals surface area contributed by atoms with Crippen LogP contribution in [0.15, 0.2) is 39.0 Å². The molecule has 0 aliphatic carbocycles. The third-order valence-electron chi connectivity index (χ3n) is 3.00. The summed E-state index contributed by atoms with van der Waals surface area (Å²) in [6.07, 6.45) is 1.24. The van der Waals surface area contributed by atoms with E-state index < -0.39 is 21.7 Å². The number of nitrogens with one attached hydrogen (secondary N) is 2. The van der Waals surface area contributed by atoms with Gasteiger partial charge in [0.15, 0.2) is 9.79 Å². The van der Waals surface area contributed by atoms with Gasteiger partial charge in [0, 0.05) is 17.2 Å². The third kappa shape index (κ3) is 1.94. The van der Waals surface area contributed by atoms with Crippen LogP contribution in [-0.2, 0) is 11.2 Å². The van der Waals surface area contributed by atoms with Gasteiger partial charge in [0.05, 0.1) is 22.9 Å². The molecule has 1 aromatic heterocycles. The summed E-state index contributed by atoms with van der Waals surface area (Å²) in [7, 11) is 0. The summed E-state index contributed by atoms with van der Waals surface area (Å²) in [4.78, 5) is 24.5. The Morgan fingerprint density at radius 1 is 1.33 bits per heavy atom. The molecule has 21 heavy (non-hydrogen) atoms. The summed E-state index contributed by atoms with van der Waals surface area (Å²) >= 11 is -1.73. The van der Waals surface area contributed by atoms with Gasteiger partial charge >= 0.3 is 0 Å². The molecule has 0 fully saturated rings. The van der Waals surface area contributed by atoms with Crippen molar-refractivity contribution in [3.63, 3.8) is 0 Å². The van der Waals surface area contributed by atoms with E-state index >= 15 is 0 Å². The second kappa shape index (κ2) is 4.62. The Morgan fingerprint density at radius 3 is 2.76 bits per heavy atom. The zero-order chi connectivity index (χ0) is 15.1. The number of aromatic nitrogens is 1. The summed E-state index contributed by atoms with van der Waals surface area (Å²) in [6, 6.07) is 5.62. The van der Waals surface area contributed by atoms with E-state index in [1.807, 2.05) is 0 Å². The van der Waals surface area contributed by atoms with E-state index in [1.165, 1.54) is 24.4 Å². The topological polar surface area (TPSA) is 135 Å². The van der Waals surface area contributed by atoms with Gasteiger partial charge in [-0.2, -0.15) is 5.26 Å². The molecule has 1 unspecified atom stereocenters.